The Morgan fingerprint density at radius 2 is 2.04 bits per heavy atom. The highest BCUT2D eigenvalue weighted by Crippen LogP contribution is 2.32. The van der Waals surface area contributed by atoms with Gasteiger partial charge in [0, 0.05) is 16.7 Å². The molecule has 0 saturated heterocycles. The Kier molecular flexibility index (Phi) is 4.09. The third kappa shape index (κ3) is 2.77. The van der Waals surface area contributed by atoms with Crippen molar-refractivity contribution in [3.8, 4) is 11.5 Å². The van der Waals surface area contributed by atoms with Gasteiger partial charge in [-0.3, -0.25) is 4.79 Å². The average molecular weight is 346 g/mol. The molecular formula is C16H12ClN3O4. The molecule has 0 amide bonds. The molecule has 0 aliphatic carbocycles. The van der Waals surface area contributed by atoms with E-state index in [0.717, 1.165) is 6.21 Å². The number of H-pyrrole nitrogens is 1. The van der Waals surface area contributed by atoms with E-state index in [-0.39, 0.29) is 17.1 Å². The van der Waals surface area contributed by atoms with Crippen molar-refractivity contribution in [3.05, 3.63) is 67.8 Å². The molecule has 0 unspecified atom stereocenters. The lowest BCUT2D eigenvalue weighted by molar-refractivity contribution is 0.373. The van der Waals surface area contributed by atoms with Crippen LogP contribution in [0.5, 0.6) is 11.5 Å². The van der Waals surface area contributed by atoms with Gasteiger partial charge in [0.2, 0.25) is 0 Å². The van der Waals surface area contributed by atoms with E-state index in [1.165, 1.54) is 19.2 Å². The first-order valence-corrected chi connectivity index (χ1v) is 7.24. The number of fused-ring (bicyclic) bond motifs is 1. The third-order valence-electron chi connectivity index (χ3n) is 3.39. The van der Waals surface area contributed by atoms with Gasteiger partial charge < -0.3 is 14.8 Å². The van der Waals surface area contributed by atoms with E-state index in [1.807, 2.05) is 0 Å². The van der Waals surface area contributed by atoms with Crippen molar-refractivity contribution in [2.45, 2.75) is 0 Å². The normalized spacial score (nSPS) is 11.2. The number of halogens is 1. The van der Waals surface area contributed by atoms with Crippen LogP contribution in [0.2, 0.25) is 5.02 Å². The molecule has 122 valence electrons. The summed E-state index contributed by atoms with van der Waals surface area (Å²) in [6, 6.07) is 9.47. The van der Waals surface area contributed by atoms with E-state index in [9.17, 15) is 14.7 Å². The van der Waals surface area contributed by atoms with Crippen LogP contribution in [0.3, 0.4) is 0 Å². The minimum Gasteiger partial charge on any atom is -0.504 e. The van der Waals surface area contributed by atoms with Crippen LogP contribution in [-0.2, 0) is 0 Å². The summed E-state index contributed by atoms with van der Waals surface area (Å²) in [4.78, 5) is 27.0. The van der Waals surface area contributed by atoms with E-state index in [1.54, 1.807) is 24.3 Å². The number of benzene rings is 2. The van der Waals surface area contributed by atoms with Crippen molar-refractivity contribution < 1.29 is 9.84 Å². The molecule has 2 aromatic carbocycles. The van der Waals surface area contributed by atoms with Crippen molar-refractivity contribution in [2.24, 2.45) is 5.10 Å². The zero-order valence-corrected chi connectivity index (χ0v) is 13.2. The first-order chi connectivity index (χ1) is 11.5. The second-order valence-corrected chi connectivity index (χ2v) is 5.32. The lowest BCUT2D eigenvalue weighted by Gasteiger charge is -2.06. The number of nitrogens with one attached hydrogen (secondary N) is 1. The van der Waals surface area contributed by atoms with Gasteiger partial charge in [-0.1, -0.05) is 23.7 Å². The third-order valence-corrected chi connectivity index (χ3v) is 3.60. The monoisotopic (exact) mass is 345 g/mol. The highest BCUT2D eigenvalue weighted by atomic mass is 35.5. The molecule has 3 rings (SSSR count). The molecule has 0 aliphatic heterocycles. The number of hydrogen-bond acceptors (Lipinski definition) is 5. The Morgan fingerprint density at radius 3 is 2.79 bits per heavy atom. The van der Waals surface area contributed by atoms with Gasteiger partial charge in [0.05, 0.1) is 24.2 Å². The molecule has 0 aliphatic rings. The van der Waals surface area contributed by atoms with Crippen molar-refractivity contribution in [3.63, 3.8) is 0 Å². The number of rotatable bonds is 3. The van der Waals surface area contributed by atoms with Gasteiger partial charge in [-0.2, -0.15) is 5.10 Å². The van der Waals surface area contributed by atoms with Gasteiger partial charge in [-0.15, -0.1) is 4.68 Å². The van der Waals surface area contributed by atoms with Crippen LogP contribution in [0.1, 0.15) is 5.56 Å². The molecule has 1 heterocycles. The number of nitrogens with zero attached hydrogens (tertiary/aromatic N) is 2. The van der Waals surface area contributed by atoms with Crippen molar-refractivity contribution in [1.29, 1.82) is 0 Å². The van der Waals surface area contributed by atoms with Gasteiger partial charge in [-0.25, -0.2) is 4.79 Å². The lowest BCUT2D eigenvalue weighted by Crippen LogP contribution is -2.32. The van der Waals surface area contributed by atoms with E-state index < -0.39 is 11.2 Å². The van der Waals surface area contributed by atoms with Crippen LogP contribution >= 0.6 is 11.6 Å². The first kappa shape index (κ1) is 15.8. The predicted octanol–water partition coefficient (Wildman–Crippen LogP) is 1.94. The van der Waals surface area contributed by atoms with Crippen molar-refractivity contribution in [2.75, 3.05) is 7.11 Å². The maximum Gasteiger partial charge on any atom is 0.349 e. The number of aromatic hydroxyl groups is 1. The zero-order chi connectivity index (χ0) is 17.3. The van der Waals surface area contributed by atoms with Crippen LogP contribution in [0.4, 0.5) is 0 Å². The van der Waals surface area contributed by atoms with E-state index in [0.29, 0.717) is 20.6 Å². The SMILES string of the molecule is COc1cc(Cl)cc(/C=N/n2c(=O)[nH]c3ccccc3c2=O)c1O. The van der Waals surface area contributed by atoms with Crippen LogP contribution in [0, 0.1) is 0 Å². The molecule has 0 fully saturated rings. The number of aromatic nitrogens is 2. The Morgan fingerprint density at radius 1 is 1.29 bits per heavy atom. The molecule has 0 spiro atoms. The highest BCUT2D eigenvalue weighted by Gasteiger charge is 2.10. The fourth-order valence-electron chi connectivity index (χ4n) is 2.23. The van der Waals surface area contributed by atoms with Gasteiger partial charge in [0.25, 0.3) is 5.56 Å². The summed E-state index contributed by atoms with van der Waals surface area (Å²) >= 11 is 5.93. The molecule has 0 saturated carbocycles. The van der Waals surface area contributed by atoms with Gasteiger partial charge in [0.1, 0.15) is 0 Å². The number of phenols is 1. The molecule has 8 heteroatoms. The zero-order valence-electron chi connectivity index (χ0n) is 12.5. The molecule has 0 bridgehead atoms. The summed E-state index contributed by atoms with van der Waals surface area (Å²) in [6.07, 6.45) is 1.16. The van der Waals surface area contributed by atoms with Crippen molar-refractivity contribution >= 4 is 28.7 Å². The maximum atomic E-state index is 12.4. The van der Waals surface area contributed by atoms with E-state index >= 15 is 0 Å². The summed E-state index contributed by atoms with van der Waals surface area (Å²) < 4.78 is 5.67. The number of para-hydroxylation sites is 1. The summed E-state index contributed by atoms with van der Waals surface area (Å²) in [5.41, 5.74) is -0.632. The largest absolute Gasteiger partial charge is 0.504 e. The number of phenolic OH excluding ortho intramolecular Hbond substituents is 1. The highest BCUT2D eigenvalue weighted by molar-refractivity contribution is 6.31. The van der Waals surface area contributed by atoms with Crippen LogP contribution in [0.15, 0.2) is 51.1 Å². The standard InChI is InChI=1S/C16H12ClN3O4/c1-24-13-7-10(17)6-9(14(13)21)8-18-20-15(22)11-4-2-3-5-12(11)19-16(20)23/h2-8,21H,1H3,(H,19,23)/b18-8+. The van der Waals surface area contributed by atoms with E-state index in [4.69, 9.17) is 16.3 Å². The molecule has 2 N–H and O–H groups in total. The smallest absolute Gasteiger partial charge is 0.349 e. The Bertz CT molecular complexity index is 1070. The number of ether oxygens (including phenoxy) is 1. The van der Waals surface area contributed by atoms with Crippen molar-refractivity contribution in [1.82, 2.24) is 9.66 Å². The Labute approximate surface area is 140 Å². The topological polar surface area (TPSA) is 96.7 Å². The molecule has 7 nitrogen and oxygen atoms in total. The van der Waals surface area contributed by atoms with E-state index in [2.05, 4.69) is 10.1 Å². The van der Waals surface area contributed by atoms with Crippen LogP contribution < -0.4 is 16.0 Å². The number of hydrogen-bond donors (Lipinski definition) is 2. The lowest BCUT2D eigenvalue weighted by atomic mass is 10.2. The minimum absolute atomic E-state index is 0.156. The predicted molar refractivity (Wildman–Crippen MR) is 91.5 cm³/mol. The molecule has 0 radical (unpaired) electrons. The number of methoxy groups -OCH3 is 1. The average Bonchev–Trinajstić information content (AvgIpc) is 2.57. The second kappa shape index (κ2) is 6.21. The Balaban J connectivity index is 2.14. The minimum atomic E-state index is -0.691. The molecule has 24 heavy (non-hydrogen) atoms. The summed E-state index contributed by atoms with van der Waals surface area (Å²) in [5, 5.41) is 14.6. The Hall–Kier alpha value is -3.06. The first-order valence-electron chi connectivity index (χ1n) is 6.86. The summed E-state index contributed by atoms with van der Waals surface area (Å²) in [7, 11) is 1.38. The molecule has 1 aromatic heterocycles. The van der Waals surface area contributed by atoms with Crippen LogP contribution in [0.25, 0.3) is 10.9 Å². The summed E-state index contributed by atoms with van der Waals surface area (Å²) in [5.74, 6) is -0.0420. The van der Waals surface area contributed by atoms with Gasteiger partial charge in [-0.05, 0) is 18.2 Å². The second-order valence-electron chi connectivity index (χ2n) is 4.88. The molecular weight excluding hydrogens is 334 g/mol. The molecule has 3 aromatic rings. The fourth-order valence-corrected chi connectivity index (χ4v) is 2.44. The number of aromatic amines is 1. The maximum absolute atomic E-state index is 12.4. The van der Waals surface area contributed by atoms with Gasteiger partial charge >= 0.3 is 5.69 Å². The van der Waals surface area contributed by atoms with Crippen LogP contribution in [-0.4, -0.2) is 28.1 Å². The quantitative estimate of drug-likeness (QED) is 0.709. The summed E-state index contributed by atoms with van der Waals surface area (Å²) in [6.45, 7) is 0. The van der Waals surface area contributed by atoms with Gasteiger partial charge in [0.15, 0.2) is 11.5 Å². The molecule has 0 atom stereocenters. The fraction of sp³-hybridized carbons (Fsp3) is 0.0625.